The average molecular weight is 307 g/mol. The maximum Gasteiger partial charge on any atom is 0.358 e. The van der Waals surface area contributed by atoms with Crippen molar-refractivity contribution in [1.29, 1.82) is 0 Å². The van der Waals surface area contributed by atoms with E-state index in [0.717, 1.165) is 21.2 Å². The second kappa shape index (κ2) is 7.19. The third-order valence-corrected chi connectivity index (χ3v) is 3.79. The summed E-state index contributed by atoms with van der Waals surface area (Å²) in [5.74, 6) is 0.298. The molecule has 0 unspecified atom stereocenters. The molecule has 0 fully saturated rings. The van der Waals surface area contributed by atoms with E-state index in [1.165, 1.54) is 18.4 Å². The number of nitrogens with zero attached hydrogens (tertiary/aromatic N) is 1. The van der Waals surface area contributed by atoms with Gasteiger partial charge in [-0.25, -0.2) is 9.78 Å². The fourth-order valence-corrected chi connectivity index (χ4v) is 2.73. The molecule has 5 nitrogen and oxygen atoms in total. The van der Waals surface area contributed by atoms with Crippen LogP contribution >= 0.6 is 11.3 Å². The number of thiazole rings is 1. The van der Waals surface area contributed by atoms with Crippen molar-refractivity contribution >= 4 is 17.3 Å². The number of esters is 1. The fourth-order valence-electron chi connectivity index (χ4n) is 1.83. The van der Waals surface area contributed by atoms with E-state index in [1.807, 2.05) is 31.2 Å². The van der Waals surface area contributed by atoms with Crippen LogP contribution in [0, 0.1) is 6.92 Å². The molecule has 0 bridgehead atoms. The fraction of sp³-hybridized carbons (Fsp3) is 0.333. The number of rotatable bonds is 6. The molecule has 1 heterocycles. The second-order valence-corrected chi connectivity index (χ2v) is 5.47. The molecule has 1 aromatic carbocycles. The first kappa shape index (κ1) is 15.5. The standard InChI is InChI=1S/C15H17NO4S/c1-10-16-13(15(17)19-3)14(21-10)11-5-4-6-12(9-11)20-8-7-18-2/h4-6,9H,7-8H2,1-3H3. The van der Waals surface area contributed by atoms with Crippen molar-refractivity contribution in [3.8, 4) is 16.2 Å². The monoisotopic (exact) mass is 307 g/mol. The van der Waals surface area contributed by atoms with E-state index < -0.39 is 5.97 Å². The van der Waals surface area contributed by atoms with Gasteiger partial charge in [-0.2, -0.15) is 0 Å². The molecule has 0 aliphatic carbocycles. The second-order valence-electron chi connectivity index (χ2n) is 4.27. The highest BCUT2D eigenvalue weighted by atomic mass is 32.1. The molecular weight excluding hydrogens is 290 g/mol. The number of benzene rings is 1. The molecule has 0 saturated heterocycles. The Labute approximate surface area is 127 Å². The number of carbonyl (C=O) groups excluding carboxylic acids is 1. The van der Waals surface area contributed by atoms with Crippen molar-refractivity contribution < 1.29 is 19.0 Å². The van der Waals surface area contributed by atoms with Crippen LogP contribution in [-0.4, -0.2) is 38.4 Å². The maximum absolute atomic E-state index is 11.8. The first-order chi connectivity index (χ1) is 10.2. The summed E-state index contributed by atoms with van der Waals surface area (Å²) >= 11 is 1.46. The van der Waals surface area contributed by atoms with Gasteiger partial charge in [0.2, 0.25) is 0 Å². The van der Waals surface area contributed by atoms with Crippen LogP contribution < -0.4 is 4.74 Å². The molecule has 2 rings (SSSR count). The van der Waals surface area contributed by atoms with E-state index in [2.05, 4.69) is 4.98 Å². The summed E-state index contributed by atoms with van der Waals surface area (Å²) in [6.07, 6.45) is 0. The summed E-state index contributed by atoms with van der Waals surface area (Å²) in [5, 5.41) is 0.816. The summed E-state index contributed by atoms with van der Waals surface area (Å²) in [6.45, 7) is 2.86. The number of aromatic nitrogens is 1. The summed E-state index contributed by atoms with van der Waals surface area (Å²) in [6, 6.07) is 7.55. The third-order valence-electron chi connectivity index (χ3n) is 2.77. The Bertz CT molecular complexity index is 624. The minimum atomic E-state index is -0.431. The van der Waals surface area contributed by atoms with Crippen molar-refractivity contribution in [2.24, 2.45) is 0 Å². The van der Waals surface area contributed by atoms with E-state index in [0.29, 0.717) is 18.9 Å². The zero-order chi connectivity index (χ0) is 15.2. The number of carbonyl (C=O) groups is 1. The van der Waals surface area contributed by atoms with Crippen molar-refractivity contribution in [3.63, 3.8) is 0 Å². The van der Waals surface area contributed by atoms with Crippen LogP contribution in [0.25, 0.3) is 10.4 Å². The Hall–Kier alpha value is -1.92. The first-order valence-electron chi connectivity index (χ1n) is 6.43. The number of hydrogen-bond donors (Lipinski definition) is 0. The summed E-state index contributed by atoms with van der Waals surface area (Å²) < 4.78 is 15.3. The molecule has 0 radical (unpaired) electrons. The molecule has 21 heavy (non-hydrogen) atoms. The zero-order valence-corrected chi connectivity index (χ0v) is 13.0. The van der Waals surface area contributed by atoms with Crippen molar-refractivity contribution in [2.45, 2.75) is 6.92 Å². The van der Waals surface area contributed by atoms with Crippen LogP contribution in [0.15, 0.2) is 24.3 Å². The van der Waals surface area contributed by atoms with Gasteiger partial charge in [-0.05, 0) is 24.6 Å². The summed E-state index contributed by atoms with van der Waals surface area (Å²) in [5.41, 5.74) is 1.23. The highest BCUT2D eigenvalue weighted by molar-refractivity contribution is 7.15. The van der Waals surface area contributed by atoms with E-state index in [1.54, 1.807) is 7.11 Å². The van der Waals surface area contributed by atoms with Crippen LogP contribution in [0.5, 0.6) is 5.75 Å². The molecule has 112 valence electrons. The minimum absolute atomic E-state index is 0.342. The van der Waals surface area contributed by atoms with Crippen LogP contribution in [0.1, 0.15) is 15.5 Å². The zero-order valence-electron chi connectivity index (χ0n) is 12.2. The Balaban J connectivity index is 2.29. The van der Waals surface area contributed by atoms with Gasteiger partial charge in [0.05, 0.1) is 23.6 Å². The normalized spacial score (nSPS) is 10.4. The minimum Gasteiger partial charge on any atom is -0.491 e. The topological polar surface area (TPSA) is 57.7 Å². The number of hydrogen-bond acceptors (Lipinski definition) is 6. The van der Waals surface area contributed by atoms with E-state index in [4.69, 9.17) is 14.2 Å². The molecule has 0 atom stereocenters. The Morgan fingerprint density at radius 2 is 2.10 bits per heavy atom. The summed E-state index contributed by atoms with van der Waals surface area (Å²) in [4.78, 5) is 16.8. The molecule has 0 spiro atoms. The van der Waals surface area contributed by atoms with Crippen LogP contribution in [0.4, 0.5) is 0 Å². The molecule has 6 heteroatoms. The smallest absolute Gasteiger partial charge is 0.358 e. The lowest BCUT2D eigenvalue weighted by Gasteiger charge is -2.07. The SMILES string of the molecule is COCCOc1cccc(-c2sc(C)nc2C(=O)OC)c1. The highest BCUT2D eigenvalue weighted by Gasteiger charge is 2.19. The molecule has 0 aliphatic heterocycles. The molecule has 0 N–H and O–H groups in total. The van der Waals surface area contributed by atoms with Crippen LogP contribution in [0.3, 0.4) is 0 Å². The van der Waals surface area contributed by atoms with Crippen molar-refractivity contribution in [3.05, 3.63) is 35.0 Å². The highest BCUT2D eigenvalue weighted by Crippen LogP contribution is 2.32. The molecule has 2 aromatic rings. The molecule has 1 aromatic heterocycles. The Morgan fingerprint density at radius 1 is 1.29 bits per heavy atom. The van der Waals surface area contributed by atoms with E-state index in [9.17, 15) is 4.79 Å². The Morgan fingerprint density at radius 3 is 2.81 bits per heavy atom. The van der Waals surface area contributed by atoms with Gasteiger partial charge >= 0.3 is 5.97 Å². The van der Waals surface area contributed by atoms with Crippen LogP contribution in [-0.2, 0) is 9.47 Å². The van der Waals surface area contributed by atoms with Crippen LogP contribution in [0.2, 0.25) is 0 Å². The van der Waals surface area contributed by atoms with E-state index in [-0.39, 0.29) is 0 Å². The molecular formula is C15H17NO4S. The van der Waals surface area contributed by atoms with Gasteiger partial charge in [0.1, 0.15) is 12.4 Å². The maximum atomic E-state index is 11.8. The largest absolute Gasteiger partial charge is 0.491 e. The van der Waals surface area contributed by atoms with E-state index >= 15 is 0 Å². The average Bonchev–Trinajstić information content (AvgIpc) is 2.89. The first-order valence-corrected chi connectivity index (χ1v) is 7.25. The van der Waals surface area contributed by atoms with Crippen molar-refractivity contribution in [2.75, 3.05) is 27.4 Å². The Kier molecular flexibility index (Phi) is 5.30. The third kappa shape index (κ3) is 3.80. The quantitative estimate of drug-likeness (QED) is 0.606. The predicted molar refractivity (Wildman–Crippen MR) is 81.0 cm³/mol. The predicted octanol–water partition coefficient (Wildman–Crippen LogP) is 2.93. The number of methoxy groups -OCH3 is 2. The molecule has 0 aliphatic rings. The number of aryl methyl sites for hydroxylation is 1. The van der Waals surface area contributed by atoms with Gasteiger partial charge in [-0.15, -0.1) is 11.3 Å². The summed E-state index contributed by atoms with van der Waals surface area (Å²) in [7, 11) is 2.98. The lowest BCUT2D eigenvalue weighted by Crippen LogP contribution is -2.05. The lowest BCUT2D eigenvalue weighted by atomic mass is 10.1. The van der Waals surface area contributed by atoms with Gasteiger partial charge in [-0.3, -0.25) is 0 Å². The van der Waals surface area contributed by atoms with Gasteiger partial charge in [0, 0.05) is 7.11 Å². The van der Waals surface area contributed by atoms with Gasteiger partial charge in [-0.1, -0.05) is 12.1 Å². The number of ether oxygens (including phenoxy) is 3. The lowest BCUT2D eigenvalue weighted by molar-refractivity contribution is 0.0595. The van der Waals surface area contributed by atoms with Gasteiger partial charge < -0.3 is 14.2 Å². The van der Waals surface area contributed by atoms with Crippen molar-refractivity contribution in [1.82, 2.24) is 4.98 Å². The van der Waals surface area contributed by atoms with Gasteiger partial charge in [0.25, 0.3) is 0 Å². The molecule has 0 saturated carbocycles. The molecule has 0 amide bonds. The van der Waals surface area contributed by atoms with Gasteiger partial charge in [0.15, 0.2) is 5.69 Å².